The normalized spacial score (nSPS) is 16.8. The van der Waals surface area contributed by atoms with Crippen LogP contribution in [-0.2, 0) is 10.0 Å². The molecule has 0 bridgehead atoms. The predicted octanol–water partition coefficient (Wildman–Crippen LogP) is 2.21. The van der Waals surface area contributed by atoms with Crippen LogP contribution < -0.4 is 0 Å². The highest BCUT2D eigenvalue weighted by atomic mass is 32.2. The molecule has 1 heterocycles. The van der Waals surface area contributed by atoms with E-state index >= 15 is 0 Å². The molecule has 1 aliphatic heterocycles. The molecule has 100 valence electrons. The molecule has 0 saturated carbocycles. The Labute approximate surface area is 114 Å². The van der Waals surface area contributed by atoms with Crippen molar-refractivity contribution in [3.05, 3.63) is 41.0 Å². The Hall–Kier alpha value is -1.64. The van der Waals surface area contributed by atoms with Gasteiger partial charge in [0.05, 0.1) is 16.5 Å². The van der Waals surface area contributed by atoms with Crippen LogP contribution in [0.2, 0.25) is 0 Å². The molecule has 0 aromatic heterocycles. The van der Waals surface area contributed by atoms with Crippen LogP contribution >= 0.6 is 0 Å². The van der Waals surface area contributed by atoms with Crippen molar-refractivity contribution in [2.75, 3.05) is 13.1 Å². The maximum atomic E-state index is 12.6. The lowest BCUT2D eigenvalue weighted by atomic mass is 10.1. The largest absolute Gasteiger partial charge is 0.243 e. The smallest absolute Gasteiger partial charge is 0.207 e. The number of rotatable bonds is 2. The lowest BCUT2D eigenvalue weighted by molar-refractivity contribution is 0.431. The molecule has 0 aliphatic carbocycles. The van der Waals surface area contributed by atoms with Gasteiger partial charge in [-0.2, -0.15) is 9.57 Å². The first kappa shape index (κ1) is 13.8. The minimum atomic E-state index is -3.51. The zero-order chi connectivity index (χ0) is 14.0. The minimum absolute atomic E-state index is 0.236. The van der Waals surface area contributed by atoms with Gasteiger partial charge in [-0.1, -0.05) is 17.7 Å². The van der Waals surface area contributed by atoms with E-state index in [1.807, 2.05) is 19.1 Å². The third-order valence-electron chi connectivity index (χ3n) is 3.33. The molecule has 1 aromatic rings. The molecule has 19 heavy (non-hydrogen) atoms. The van der Waals surface area contributed by atoms with E-state index in [1.165, 1.54) is 15.9 Å². The highest BCUT2D eigenvalue weighted by molar-refractivity contribution is 7.89. The molecule has 0 saturated heterocycles. The van der Waals surface area contributed by atoms with E-state index in [-0.39, 0.29) is 4.90 Å². The standard InChI is InChI=1S/C14H16N2O2S/c1-11-5-7-16(8-6-11)19(17,18)14-9-13(10-15)4-3-12(14)2/h3-5,9H,6-8H2,1-2H3. The molecule has 0 radical (unpaired) electrons. The van der Waals surface area contributed by atoms with Crippen molar-refractivity contribution < 1.29 is 8.42 Å². The lowest BCUT2D eigenvalue weighted by Gasteiger charge is -2.25. The van der Waals surface area contributed by atoms with Crippen molar-refractivity contribution in [1.29, 1.82) is 5.26 Å². The first-order chi connectivity index (χ1) is 8.95. The molecule has 0 atom stereocenters. The van der Waals surface area contributed by atoms with Crippen molar-refractivity contribution in [2.45, 2.75) is 25.2 Å². The summed E-state index contributed by atoms with van der Waals surface area (Å²) in [5.41, 5.74) is 2.26. The van der Waals surface area contributed by atoms with Crippen LogP contribution in [0.1, 0.15) is 24.5 Å². The van der Waals surface area contributed by atoms with Gasteiger partial charge in [0.2, 0.25) is 10.0 Å². The number of hydrogen-bond acceptors (Lipinski definition) is 3. The summed E-state index contributed by atoms with van der Waals surface area (Å²) in [6, 6.07) is 6.75. The maximum absolute atomic E-state index is 12.6. The summed E-state index contributed by atoms with van der Waals surface area (Å²) in [4.78, 5) is 0.236. The maximum Gasteiger partial charge on any atom is 0.243 e. The molecule has 1 aliphatic rings. The van der Waals surface area contributed by atoms with Crippen molar-refractivity contribution >= 4 is 10.0 Å². The third kappa shape index (κ3) is 2.70. The van der Waals surface area contributed by atoms with Gasteiger partial charge in [-0.3, -0.25) is 0 Å². The lowest BCUT2D eigenvalue weighted by Crippen LogP contribution is -2.35. The van der Waals surface area contributed by atoms with Gasteiger partial charge in [-0.15, -0.1) is 0 Å². The predicted molar refractivity (Wildman–Crippen MR) is 73.0 cm³/mol. The summed E-state index contributed by atoms with van der Waals surface area (Å²) in [5, 5.41) is 8.90. The zero-order valence-corrected chi connectivity index (χ0v) is 11.9. The van der Waals surface area contributed by atoms with Crippen molar-refractivity contribution in [3.63, 3.8) is 0 Å². The van der Waals surface area contributed by atoms with E-state index in [2.05, 4.69) is 0 Å². The Morgan fingerprint density at radius 3 is 2.63 bits per heavy atom. The molecule has 1 aromatic carbocycles. The molecular weight excluding hydrogens is 260 g/mol. The second-order valence-electron chi connectivity index (χ2n) is 4.76. The number of nitrogens with zero attached hydrogens (tertiary/aromatic N) is 2. The summed E-state index contributed by atoms with van der Waals surface area (Å²) in [6.07, 6.45) is 2.70. The average molecular weight is 276 g/mol. The minimum Gasteiger partial charge on any atom is -0.207 e. The Morgan fingerprint density at radius 2 is 2.05 bits per heavy atom. The van der Waals surface area contributed by atoms with E-state index in [9.17, 15) is 8.42 Å². The highest BCUT2D eigenvalue weighted by Gasteiger charge is 2.27. The van der Waals surface area contributed by atoms with Crippen molar-refractivity contribution in [3.8, 4) is 6.07 Å². The Bertz CT molecular complexity index is 669. The van der Waals surface area contributed by atoms with Crippen molar-refractivity contribution in [1.82, 2.24) is 4.31 Å². The summed E-state index contributed by atoms with van der Waals surface area (Å²) < 4.78 is 26.6. The van der Waals surface area contributed by atoms with Crippen LogP contribution in [0, 0.1) is 18.3 Å². The van der Waals surface area contributed by atoms with Gasteiger partial charge in [0.25, 0.3) is 0 Å². The first-order valence-corrected chi connectivity index (χ1v) is 7.55. The molecule has 4 nitrogen and oxygen atoms in total. The number of hydrogen-bond donors (Lipinski definition) is 0. The fourth-order valence-electron chi connectivity index (χ4n) is 2.06. The van der Waals surface area contributed by atoms with Crippen LogP contribution in [0.4, 0.5) is 0 Å². The monoisotopic (exact) mass is 276 g/mol. The average Bonchev–Trinajstić information content (AvgIpc) is 2.39. The summed E-state index contributed by atoms with van der Waals surface area (Å²) in [5.74, 6) is 0. The van der Waals surface area contributed by atoms with Gasteiger partial charge in [0, 0.05) is 13.1 Å². The van der Waals surface area contributed by atoms with Gasteiger partial charge < -0.3 is 0 Å². The Morgan fingerprint density at radius 1 is 1.32 bits per heavy atom. The molecule has 0 spiro atoms. The number of benzene rings is 1. The van der Waals surface area contributed by atoms with Crippen LogP contribution in [-0.4, -0.2) is 25.8 Å². The highest BCUT2D eigenvalue weighted by Crippen LogP contribution is 2.23. The summed E-state index contributed by atoms with van der Waals surface area (Å²) >= 11 is 0. The fourth-order valence-corrected chi connectivity index (χ4v) is 3.69. The second-order valence-corrected chi connectivity index (χ2v) is 6.66. The van der Waals surface area contributed by atoms with Crippen LogP contribution in [0.5, 0.6) is 0 Å². The topological polar surface area (TPSA) is 61.2 Å². The molecule has 0 amide bonds. The Kier molecular flexibility index (Phi) is 3.74. The molecule has 5 heteroatoms. The molecule has 2 rings (SSSR count). The molecule has 0 fully saturated rings. The zero-order valence-electron chi connectivity index (χ0n) is 11.0. The van der Waals surface area contributed by atoms with Crippen LogP contribution in [0.3, 0.4) is 0 Å². The number of aryl methyl sites for hydroxylation is 1. The molecule has 0 unspecified atom stereocenters. The molecular formula is C14H16N2O2S. The first-order valence-electron chi connectivity index (χ1n) is 6.11. The SMILES string of the molecule is CC1=CCN(S(=O)(=O)c2cc(C#N)ccc2C)CC1. The van der Waals surface area contributed by atoms with E-state index in [0.717, 1.165) is 6.42 Å². The number of sulfonamides is 1. The Balaban J connectivity index is 2.43. The summed E-state index contributed by atoms with van der Waals surface area (Å²) in [7, 11) is -3.51. The van der Waals surface area contributed by atoms with Gasteiger partial charge >= 0.3 is 0 Å². The summed E-state index contributed by atoms with van der Waals surface area (Å²) in [6.45, 7) is 4.66. The van der Waals surface area contributed by atoms with E-state index in [1.54, 1.807) is 19.1 Å². The second kappa shape index (κ2) is 5.16. The van der Waals surface area contributed by atoms with E-state index in [4.69, 9.17) is 5.26 Å². The van der Waals surface area contributed by atoms with Gasteiger partial charge in [0.15, 0.2) is 0 Å². The van der Waals surface area contributed by atoms with Gasteiger partial charge in [-0.25, -0.2) is 8.42 Å². The van der Waals surface area contributed by atoms with Gasteiger partial charge in [0.1, 0.15) is 0 Å². The van der Waals surface area contributed by atoms with E-state index < -0.39 is 10.0 Å². The van der Waals surface area contributed by atoms with Crippen LogP contribution in [0.15, 0.2) is 34.7 Å². The quantitative estimate of drug-likeness (QED) is 0.778. The van der Waals surface area contributed by atoms with Crippen molar-refractivity contribution in [2.24, 2.45) is 0 Å². The van der Waals surface area contributed by atoms with Crippen LogP contribution in [0.25, 0.3) is 0 Å². The number of nitriles is 1. The fraction of sp³-hybridized carbons (Fsp3) is 0.357. The van der Waals surface area contributed by atoms with Gasteiger partial charge in [-0.05, 0) is 38.0 Å². The van der Waals surface area contributed by atoms with E-state index in [0.29, 0.717) is 24.2 Å². The third-order valence-corrected chi connectivity index (χ3v) is 5.34. The molecule has 0 N–H and O–H groups in total.